The topological polar surface area (TPSA) is 95.6 Å². The number of hydrogen-bond donors (Lipinski definition) is 1. The van der Waals surface area contributed by atoms with Crippen LogP contribution in [-0.2, 0) is 14.8 Å². The van der Waals surface area contributed by atoms with E-state index >= 15 is 0 Å². The summed E-state index contributed by atoms with van der Waals surface area (Å²) < 4.78 is 32.8. The molecule has 158 valence electrons. The number of H-pyrrole nitrogens is 1. The van der Waals surface area contributed by atoms with E-state index in [4.69, 9.17) is 4.74 Å². The van der Waals surface area contributed by atoms with Crippen molar-refractivity contribution in [2.24, 2.45) is 0 Å². The van der Waals surface area contributed by atoms with Gasteiger partial charge in [-0.25, -0.2) is 17.5 Å². The highest BCUT2D eigenvalue weighted by Gasteiger charge is 2.44. The van der Waals surface area contributed by atoms with Crippen LogP contribution in [-0.4, -0.2) is 70.7 Å². The molecule has 0 radical (unpaired) electrons. The van der Waals surface area contributed by atoms with Crippen LogP contribution in [0.25, 0.3) is 11.0 Å². The van der Waals surface area contributed by atoms with E-state index in [1.54, 1.807) is 31.3 Å². The van der Waals surface area contributed by atoms with Crippen LogP contribution in [0.4, 0.5) is 4.79 Å². The number of aromatic amines is 1. The number of likely N-dealkylation sites (tertiary alicyclic amines) is 1. The standard InChI is InChI=1S/C20H28N4O4S/c1-20(2,3)28-19(25)23-12-15(13-23)29(26,27)24-9-6-14(7-10-24)16-11-22-17-5-4-8-21-18(16)17/h4-5,8,11,14-15,22H,6-7,9-10,12-13H2,1-3H3. The number of pyridine rings is 1. The molecule has 1 N–H and O–H groups in total. The minimum atomic E-state index is -3.41. The summed E-state index contributed by atoms with van der Waals surface area (Å²) in [7, 11) is -3.41. The van der Waals surface area contributed by atoms with Gasteiger partial charge in [0.1, 0.15) is 10.9 Å². The Kier molecular flexibility index (Phi) is 5.06. The maximum Gasteiger partial charge on any atom is 0.410 e. The number of carbonyl (C=O) groups is 1. The summed E-state index contributed by atoms with van der Waals surface area (Å²) in [4.78, 5) is 21.2. The first kappa shape index (κ1) is 20.2. The van der Waals surface area contributed by atoms with Crippen molar-refractivity contribution >= 4 is 27.1 Å². The lowest BCUT2D eigenvalue weighted by molar-refractivity contribution is 0.0135. The Labute approximate surface area is 171 Å². The normalized spacial score (nSPS) is 20.0. The summed E-state index contributed by atoms with van der Waals surface area (Å²) in [6.07, 6.45) is 4.87. The molecule has 2 aromatic heterocycles. The van der Waals surface area contributed by atoms with Crippen LogP contribution in [0.2, 0.25) is 0 Å². The van der Waals surface area contributed by atoms with E-state index in [-0.39, 0.29) is 13.1 Å². The van der Waals surface area contributed by atoms with Crippen LogP contribution < -0.4 is 0 Å². The smallest absolute Gasteiger partial charge is 0.410 e. The zero-order chi connectivity index (χ0) is 20.8. The fourth-order valence-corrected chi connectivity index (χ4v) is 5.90. The predicted octanol–water partition coefficient (Wildman–Crippen LogP) is 2.69. The summed E-state index contributed by atoms with van der Waals surface area (Å²) in [5, 5.41) is -0.540. The molecule has 8 nitrogen and oxygen atoms in total. The minimum absolute atomic E-state index is 0.198. The minimum Gasteiger partial charge on any atom is -0.444 e. The number of carbonyl (C=O) groups excluding carboxylic acids is 1. The molecule has 1 amide bonds. The Morgan fingerprint density at radius 1 is 1.24 bits per heavy atom. The number of fused-ring (bicyclic) bond motifs is 1. The second-order valence-electron chi connectivity index (χ2n) is 8.87. The number of rotatable bonds is 3. The van der Waals surface area contributed by atoms with Crippen LogP contribution in [0.5, 0.6) is 0 Å². The average molecular weight is 421 g/mol. The molecule has 0 aliphatic carbocycles. The third-order valence-corrected chi connectivity index (χ3v) is 7.86. The molecule has 2 aliphatic rings. The van der Waals surface area contributed by atoms with E-state index in [2.05, 4.69) is 9.97 Å². The van der Waals surface area contributed by atoms with Crippen molar-refractivity contribution in [1.82, 2.24) is 19.2 Å². The van der Waals surface area contributed by atoms with Gasteiger partial charge in [-0.2, -0.15) is 0 Å². The quantitative estimate of drug-likeness (QED) is 0.824. The van der Waals surface area contributed by atoms with Crippen molar-refractivity contribution < 1.29 is 17.9 Å². The molecule has 2 saturated heterocycles. The first-order valence-corrected chi connectivity index (χ1v) is 11.5. The summed E-state index contributed by atoms with van der Waals surface area (Å²) in [6, 6.07) is 3.90. The maximum absolute atomic E-state index is 13.0. The highest BCUT2D eigenvalue weighted by atomic mass is 32.2. The van der Waals surface area contributed by atoms with Crippen LogP contribution in [0.15, 0.2) is 24.5 Å². The fourth-order valence-electron chi connectivity index (χ4n) is 4.02. The zero-order valence-electron chi connectivity index (χ0n) is 17.1. The van der Waals surface area contributed by atoms with E-state index in [1.807, 2.05) is 18.3 Å². The van der Waals surface area contributed by atoms with Gasteiger partial charge in [0.15, 0.2) is 0 Å². The second-order valence-corrected chi connectivity index (χ2v) is 11.1. The van der Waals surface area contributed by atoms with E-state index in [1.165, 1.54) is 4.90 Å². The molecule has 29 heavy (non-hydrogen) atoms. The lowest BCUT2D eigenvalue weighted by atomic mass is 9.91. The molecule has 4 heterocycles. The average Bonchev–Trinajstić information content (AvgIpc) is 3.03. The lowest BCUT2D eigenvalue weighted by Crippen LogP contribution is -2.61. The Morgan fingerprint density at radius 3 is 2.59 bits per heavy atom. The Morgan fingerprint density at radius 2 is 1.93 bits per heavy atom. The molecule has 0 unspecified atom stereocenters. The molecule has 0 atom stereocenters. The third-order valence-electron chi connectivity index (χ3n) is 5.64. The van der Waals surface area contributed by atoms with Gasteiger partial charge >= 0.3 is 6.09 Å². The summed E-state index contributed by atoms with van der Waals surface area (Å²) in [5.41, 5.74) is 2.56. The van der Waals surface area contributed by atoms with E-state index < -0.39 is 27.0 Å². The van der Waals surface area contributed by atoms with Crippen molar-refractivity contribution in [1.29, 1.82) is 0 Å². The molecule has 2 fully saturated rings. The van der Waals surface area contributed by atoms with Gasteiger partial charge in [0.2, 0.25) is 10.0 Å². The Hall–Kier alpha value is -2.13. The van der Waals surface area contributed by atoms with Crippen LogP contribution >= 0.6 is 0 Å². The van der Waals surface area contributed by atoms with Crippen molar-refractivity contribution in [2.45, 2.75) is 50.4 Å². The van der Waals surface area contributed by atoms with Gasteiger partial charge in [-0.3, -0.25) is 4.98 Å². The van der Waals surface area contributed by atoms with Crippen LogP contribution in [0, 0.1) is 0 Å². The number of nitrogens with zero attached hydrogens (tertiary/aromatic N) is 3. The van der Waals surface area contributed by atoms with Gasteiger partial charge in [0.05, 0.1) is 11.0 Å². The largest absolute Gasteiger partial charge is 0.444 e. The number of amides is 1. The molecule has 0 saturated carbocycles. The molecule has 0 spiro atoms. The van der Waals surface area contributed by atoms with Gasteiger partial charge in [-0.05, 0) is 57.2 Å². The second kappa shape index (κ2) is 7.28. The molecular formula is C20H28N4O4S. The number of aromatic nitrogens is 2. The number of ether oxygens (including phenoxy) is 1. The SMILES string of the molecule is CC(C)(C)OC(=O)N1CC(S(=O)(=O)N2CCC(c3c[nH]c4cccnc34)CC2)C1. The highest BCUT2D eigenvalue weighted by Crippen LogP contribution is 2.34. The monoisotopic (exact) mass is 420 g/mol. The maximum atomic E-state index is 13.0. The summed E-state index contributed by atoms with van der Waals surface area (Å²) in [5.74, 6) is 0.296. The summed E-state index contributed by atoms with van der Waals surface area (Å²) in [6.45, 7) is 6.78. The first-order chi connectivity index (χ1) is 13.6. The van der Waals surface area contributed by atoms with Crippen molar-refractivity contribution in [3.05, 3.63) is 30.1 Å². The van der Waals surface area contributed by atoms with Gasteiger partial charge in [0.25, 0.3) is 0 Å². The molecule has 9 heteroatoms. The van der Waals surface area contributed by atoms with Gasteiger partial charge in [-0.1, -0.05) is 0 Å². The molecule has 0 bridgehead atoms. The van der Waals surface area contributed by atoms with Crippen molar-refractivity contribution in [2.75, 3.05) is 26.2 Å². The van der Waals surface area contributed by atoms with E-state index in [0.29, 0.717) is 19.0 Å². The predicted molar refractivity (Wildman–Crippen MR) is 110 cm³/mol. The van der Waals surface area contributed by atoms with E-state index in [9.17, 15) is 13.2 Å². The van der Waals surface area contributed by atoms with Crippen LogP contribution in [0.3, 0.4) is 0 Å². The number of nitrogens with one attached hydrogen (secondary N) is 1. The lowest BCUT2D eigenvalue weighted by Gasteiger charge is -2.42. The highest BCUT2D eigenvalue weighted by molar-refractivity contribution is 7.89. The number of sulfonamides is 1. The molecule has 2 aliphatic heterocycles. The summed E-state index contributed by atoms with van der Waals surface area (Å²) >= 11 is 0. The van der Waals surface area contributed by atoms with Crippen molar-refractivity contribution in [3.63, 3.8) is 0 Å². The molecule has 2 aromatic rings. The fraction of sp³-hybridized carbons (Fsp3) is 0.600. The molecular weight excluding hydrogens is 392 g/mol. The first-order valence-electron chi connectivity index (χ1n) is 10.0. The Balaban J connectivity index is 1.34. The third kappa shape index (κ3) is 3.98. The van der Waals surface area contributed by atoms with Crippen molar-refractivity contribution in [3.8, 4) is 0 Å². The number of piperidine rings is 1. The van der Waals surface area contributed by atoms with Gasteiger partial charge in [0, 0.05) is 38.6 Å². The zero-order valence-corrected chi connectivity index (χ0v) is 17.9. The Bertz CT molecular complexity index is 997. The van der Waals surface area contributed by atoms with E-state index in [0.717, 1.165) is 29.4 Å². The molecule has 0 aromatic carbocycles. The van der Waals surface area contributed by atoms with Crippen LogP contribution in [0.1, 0.15) is 45.1 Å². The molecule has 4 rings (SSSR count). The van der Waals surface area contributed by atoms with Gasteiger partial charge in [-0.15, -0.1) is 0 Å². The number of hydrogen-bond acceptors (Lipinski definition) is 5. The van der Waals surface area contributed by atoms with Gasteiger partial charge < -0.3 is 14.6 Å².